The van der Waals surface area contributed by atoms with Crippen LogP contribution in [0.4, 0.5) is 0 Å². The Kier molecular flexibility index (Phi) is 2.20. The van der Waals surface area contributed by atoms with Crippen molar-refractivity contribution in [3.05, 3.63) is 46.8 Å². The largest absolute Gasteiger partial charge is 0.307 e. The Hall–Kier alpha value is -2.12. The topological polar surface area (TPSA) is 53.6 Å². The van der Waals surface area contributed by atoms with E-state index in [1.54, 1.807) is 6.07 Å². The van der Waals surface area contributed by atoms with E-state index in [1.165, 1.54) is 11.3 Å². The molecule has 0 aliphatic carbocycles. The van der Waals surface area contributed by atoms with Gasteiger partial charge in [0.05, 0.1) is 28.7 Å². The molecule has 1 aliphatic heterocycles. The van der Waals surface area contributed by atoms with E-state index >= 15 is 0 Å². The summed E-state index contributed by atoms with van der Waals surface area (Å²) < 4.78 is 1.94. The van der Waals surface area contributed by atoms with Crippen molar-refractivity contribution >= 4 is 0 Å². The number of nitrogens with one attached hydrogen (secondary N) is 1. The van der Waals surface area contributed by atoms with E-state index in [1.807, 2.05) is 29.8 Å². The van der Waals surface area contributed by atoms with Gasteiger partial charge in [0.25, 0.3) is 0 Å². The molecule has 1 aliphatic rings. The number of aromatic nitrogens is 2. The lowest BCUT2D eigenvalue weighted by molar-refractivity contribution is 0.704. The van der Waals surface area contributed by atoms with E-state index in [4.69, 9.17) is 5.26 Å². The molecule has 0 fully saturated rings. The molecule has 0 unspecified atom stereocenters. The van der Waals surface area contributed by atoms with Crippen molar-refractivity contribution in [2.75, 3.05) is 0 Å². The maximum Gasteiger partial charge on any atom is 0.0992 e. The fraction of sp³-hybridized carbons (Fsp3) is 0.231. The number of nitriles is 1. The zero-order chi connectivity index (χ0) is 11.8. The predicted molar refractivity (Wildman–Crippen MR) is 63.6 cm³/mol. The lowest BCUT2D eigenvalue weighted by Crippen LogP contribution is -2.08. The standard InChI is InChI=1S/C13H12N4/c1-9-12-7-15-8-13(12)17(16-9)11-4-2-3-10(5-11)6-14/h2-5,15H,7-8H2,1H3. The molecule has 17 heavy (non-hydrogen) atoms. The zero-order valence-corrected chi connectivity index (χ0v) is 9.57. The first-order valence-corrected chi connectivity index (χ1v) is 5.58. The van der Waals surface area contributed by atoms with E-state index in [2.05, 4.69) is 16.5 Å². The normalized spacial score (nSPS) is 13.4. The van der Waals surface area contributed by atoms with Gasteiger partial charge in [-0.2, -0.15) is 10.4 Å². The molecule has 0 bridgehead atoms. The van der Waals surface area contributed by atoms with Gasteiger partial charge in [-0.1, -0.05) is 6.07 Å². The predicted octanol–water partition coefficient (Wildman–Crippen LogP) is 1.66. The molecule has 1 aromatic carbocycles. The highest BCUT2D eigenvalue weighted by molar-refractivity contribution is 5.44. The number of hydrogen-bond donors (Lipinski definition) is 1. The van der Waals surface area contributed by atoms with Crippen LogP contribution in [0.5, 0.6) is 0 Å². The van der Waals surface area contributed by atoms with Gasteiger partial charge in [-0.15, -0.1) is 0 Å². The van der Waals surface area contributed by atoms with Crippen LogP contribution in [0, 0.1) is 18.3 Å². The first-order valence-electron chi connectivity index (χ1n) is 5.58. The van der Waals surface area contributed by atoms with Crippen molar-refractivity contribution in [2.45, 2.75) is 20.0 Å². The molecule has 0 amide bonds. The summed E-state index contributed by atoms with van der Waals surface area (Å²) in [6.45, 7) is 3.75. The van der Waals surface area contributed by atoms with Crippen LogP contribution < -0.4 is 5.32 Å². The number of nitrogens with zero attached hydrogens (tertiary/aromatic N) is 3. The smallest absolute Gasteiger partial charge is 0.0992 e. The second kappa shape index (κ2) is 3.72. The first kappa shape index (κ1) is 10.1. The van der Waals surface area contributed by atoms with Gasteiger partial charge in [0.1, 0.15) is 0 Å². The molecule has 0 radical (unpaired) electrons. The van der Waals surface area contributed by atoms with Crippen LogP contribution in [0.1, 0.15) is 22.5 Å². The van der Waals surface area contributed by atoms with Crippen LogP contribution in [0.25, 0.3) is 5.69 Å². The van der Waals surface area contributed by atoms with Gasteiger partial charge in [-0.25, -0.2) is 4.68 Å². The average Bonchev–Trinajstić information content (AvgIpc) is 2.94. The molecule has 1 N–H and O–H groups in total. The summed E-state index contributed by atoms with van der Waals surface area (Å²) in [5.74, 6) is 0. The van der Waals surface area contributed by atoms with Crippen molar-refractivity contribution in [3.8, 4) is 11.8 Å². The van der Waals surface area contributed by atoms with Crippen LogP contribution in [0.3, 0.4) is 0 Å². The lowest BCUT2D eigenvalue weighted by Gasteiger charge is -2.05. The molecule has 84 valence electrons. The molecule has 4 heteroatoms. The minimum Gasteiger partial charge on any atom is -0.307 e. The van der Waals surface area contributed by atoms with Crippen molar-refractivity contribution < 1.29 is 0 Å². The third-order valence-electron chi connectivity index (χ3n) is 3.10. The Morgan fingerprint density at radius 3 is 3.12 bits per heavy atom. The molecule has 2 aromatic rings. The second-order valence-electron chi connectivity index (χ2n) is 4.19. The minimum absolute atomic E-state index is 0.662. The maximum atomic E-state index is 8.92. The van der Waals surface area contributed by atoms with Crippen LogP contribution in [0.15, 0.2) is 24.3 Å². The Balaban J connectivity index is 2.16. The maximum absolute atomic E-state index is 8.92. The molecule has 0 saturated heterocycles. The molecule has 0 atom stereocenters. The van der Waals surface area contributed by atoms with Crippen LogP contribution in [-0.4, -0.2) is 9.78 Å². The van der Waals surface area contributed by atoms with E-state index in [0.29, 0.717) is 5.56 Å². The van der Waals surface area contributed by atoms with Crippen molar-refractivity contribution in [1.29, 1.82) is 5.26 Å². The molecule has 0 saturated carbocycles. The summed E-state index contributed by atoms with van der Waals surface area (Å²) in [7, 11) is 0. The minimum atomic E-state index is 0.662. The molecule has 1 aromatic heterocycles. The van der Waals surface area contributed by atoms with Gasteiger partial charge in [-0.05, 0) is 25.1 Å². The molecule has 4 nitrogen and oxygen atoms in total. The summed E-state index contributed by atoms with van der Waals surface area (Å²) in [5, 5.41) is 16.8. The monoisotopic (exact) mass is 224 g/mol. The molecular weight excluding hydrogens is 212 g/mol. The molecule has 2 heterocycles. The zero-order valence-electron chi connectivity index (χ0n) is 9.57. The summed E-state index contributed by atoms with van der Waals surface area (Å²) >= 11 is 0. The highest BCUT2D eigenvalue weighted by Gasteiger charge is 2.20. The van der Waals surface area contributed by atoms with Gasteiger partial charge in [0, 0.05) is 18.7 Å². The van der Waals surface area contributed by atoms with Gasteiger partial charge in [0.2, 0.25) is 0 Å². The van der Waals surface area contributed by atoms with E-state index in [9.17, 15) is 0 Å². The van der Waals surface area contributed by atoms with Gasteiger partial charge in [0.15, 0.2) is 0 Å². The van der Waals surface area contributed by atoms with E-state index in [-0.39, 0.29) is 0 Å². The first-order chi connectivity index (χ1) is 8.29. The fourth-order valence-corrected chi connectivity index (χ4v) is 2.25. The summed E-state index contributed by atoms with van der Waals surface area (Å²) in [6, 6.07) is 9.69. The van der Waals surface area contributed by atoms with Crippen LogP contribution >= 0.6 is 0 Å². The van der Waals surface area contributed by atoms with Crippen molar-refractivity contribution in [3.63, 3.8) is 0 Å². The van der Waals surface area contributed by atoms with Crippen molar-refractivity contribution in [2.24, 2.45) is 0 Å². The van der Waals surface area contributed by atoms with Crippen LogP contribution in [0.2, 0.25) is 0 Å². The Morgan fingerprint density at radius 1 is 1.41 bits per heavy atom. The Bertz CT molecular complexity index is 619. The van der Waals surface area contributed by atoms with Gasteiger partial charge >= 0.3 is 0 Å². The summed E-state index contributed by atoms with van der Waals surface area (Å²) in [4.78, 5) is 0. The molecule has 0 spiro atoms. The summed E-state index contributed by atoms with van der Waals surface area (Å²) in [5.41, 5.74) is 5.17. The third kappa shape index (κ3) is 1.52. The molecular formula is C13H12N4. The van der Waals surface area contributed by atoms with E-state index in [0.717, 1.165) is 24.5 Å². The van der Waals surface area contributed by atoms with Gasteiger partial charge < -0.3 is 5.32 Å². The van der Waals surface area contributed by atoms with Gasteiger partial charge in [-0.3, -0.25) is 0 Å². The number of aryl methyl sites for hydroxylation is 1. The number of rotatable bonds is 1. The fourth-order valence-electron chi connectivity index (χ4n) is 2.25. The van der Waals surface area contributed by atoms with E-state index < -0.39 is 0 Å². The highest BCUT2D eigenvalue weighted by atomic mass is 15.3. The number of benzene rings is 1. The SMILES string of the molecule is Cc1nn(-c2cccc(C#N)c2)c2c1CNC2. The quantitative estimate of drug-likeness (QED) is 0.801. The third-order valence-corrected chi connectivity index (χ3v) is 3.10. The lowest BCUT2D eigenvalue weighted by atomic mass is 10.2. The summed E-state index contributed by atoms with van der Waals surface area (Å²) in [6.07, 6.45) is 0. The second-order valence-corrected chi connectivity index (χ2v) is 4.19. The van der Waals surface area contributed by atoms with Crippen LogP contribution in [-0.2, 0) is 13.1 Å². The average molecular weight is 224 g/mol. The van der Waals surface area contributed by atoms with Crippen molar-refractivity contribution in [1.82, 2.24) is 15.1 Å². The Labute approximate surface area is 99.5 Å². The Morgan fingerprint density at radius 2 is 2.29 bits per heavy atom. The number of hydrogen-bond acceptors (Lipinski definition) is 3. The number of fused-ring (bicyclic) bond motifs is 1. The molecule has 3 rings (SSSR count). The highest BCUT2D eigenvalue weighted by Crippen LogP contribution is 2.22.